The minimum absolute atomic E-state index is 0.363. The quantitative estimate of drug-likeness (QED) is 0.401. The number of hydrogen-bond donors (Lipinski definition) is 1. The van der Waals surface area contributed by atoms with Crippen LogP contribution in [0.25, 0.3) is 43.6 Å². The lowest BCUT2D eigenvalue weighted by atomic mass is 9.93. The Labute approximate surface area is 156 Å². The molecule has 27 heavy (non-hydrogen) atoms. The van der Waals surface area contributed by atoms with Gasteiger partial charge in [-0.3, -0.25) is 0 Å². The fraction of sp³-hybridized carbons (Fsp3) is 0.0417. The van der Waals surface area contributed by atoms with Gasteiger partial charge < -0.3 is 9.72 Å². The average Bonchev–Trinajstić information content (AvgIpc) is 3.12. The molecule has 0 atom stereocenters. The molecule has 0 aliphatic heterocycles. The maximum Gasteiger partial charge on any atom is 0.355 e. The second kappa shape index (κ2) is 5.99. The van der Waals surface area contributed by atoms with E-state index in [4.69, 9.17) is 4.74 Å². The highest BCUT2D eigenvalue weighted by Gasteiger charge is 2.22. The zero-order chi connectivity index (χ0) is 18.4. The number of carbonyl (C=O) groups excluding carboxylic acids is 1. The van der Waals surface area contributed by atoms with Crippen LogP contribution in [0, 0.1) is 0 Å². The van der Waals surface area contributed by atoms with Crippen LogP contribution in [0.2, 0.25) is 0 Å². The zero-order valence-electron chi connectivity index (χ0n) is 14.8. The van der Waals surface area contributed by atoms with Gasteiger partial charge in [0, 0.05) is 16.5 Å². The third-order valence-corrected chi connectivity index (χ3v) is 5.14. The second-order valence-electron chi connectivity index (χ2n) is 6.60. The number of aromatic amines is 1. The predicted octanol–water partition coefficient (Wildman–Crippen LogP) is 5.93. The van der Waals surface area contributed by atoms with Crippen molar-refractivity contribution in [2.45, 2.75) is 0 Å². The molecular formula is C24H17NO2. The van der Waals surface area contributed by atoms with Gasteiger partial charge in [-0.15, -0.1) is 0 Å². The first-order chi connectivity index (χ1) is 13.3. The molecule has 5 rings (SSSR count). The first kappa shape index (κ1) is 15.6. The van der Waals surface area contributed by atoms with Gasteiger partial charge in [0.05, 0.1) is 7.11 Å². The maximum atomic E-state index is 12.6. The van der Waals surface area contributed by atoms with Gasteiger partial charge >= 0.3 is 5.97 Å². The van der Waals surface area contributed by atoms with Crippen molar-refractivity contribution in [3.05, 3.63) is 84.6 Å². The van der Waals surface area contributed by atoms with E-state index in [1.165, 1.54) is 7.11 Å². The summed E-state index contributed by atoms with van der Waals surface area (Å²) < 4.78 is 5.08. The molecule has 3 heteroatoms. The molecule has 0 fully saturated rings. The molecule has 1 heterocycles. The SMILES string of the molecule is COC(=O)c1[nH]c2ccc3ccccc3c2c1-c1cccc2ccccc12. The van der Waals surface area contributed by atoms with Gasteiger partial charge in [0.25, 0.3) is 0 Å². The summed E-state index contributed by atoms with van der Waals surface area (Å²) in [6.45, 7) is 0. The molecule has 0 saturated carbocycles. The van der Waals surface area contributed by atoms with Crippen molar-refractivity contribution in [1.29, 1.82) is 0 Å². The molecule has 4 aromatic carbocycles. The third-order valence-electron chi connectivity index (χ3n) is 5.14. The molecule has 0 aliphatic carbocycles. The minimum atomic E-state index is -0.363. The zero-order valence-corrected chi connectivity index (χ0v) is 14.8. The lowest BCUT2D eigenvalue weighted by Crippen LogP contribution is -2.03. The summed E-state index contributed by atoms with van der Waals surface area (Å²) in [5.41, 5.74) is 3.33. The number of rotatable bonds is 2. The van der Waals surface area contributed by atoms with E-state index in [9.17, 15) is 4.79 Å². The van der Waals surface area contributed by atoms with E-state index in [-0.39, 0.29) is 5.97 Å². The number of nitrogens with one attached hydrogen (secondary N) is 1. The van der Waals surface area contributed by atoms with E-state index >= 15 is 0 Å². The Hall–Kier alpha value is -3.59. The molecule has 0 spiro atoms. The Morgan fingerprint density at radius 1 is 0.778 bits per heavy atom. The van der Waals surface area contributed by atoms with E-state index in [1.807, 2.05) is 36.4 Å². The molecule has 0 bridgehead atoms. The van der Waals surface area contributed by atoms with E-state index in [1.54, 1.807) is 0 Å². The first-order valence-corrected chi connectivity index (χ1v) is 8.88. The van der Waals surface area contributed by atoms with Gasteiger partial charge in [0.2, 0.25) is 0 Å². The van der Waals surface area contributed by atoms with Crippen molar-refractivity contribution in [1.82, 2.24) is 4.98 Å². The molecule has 5 aromatic rings. The van der Waals surface area contributed by atoms with Gasteiger partial charge in [-0.05, 0) is 33.2 Å². The van der Waals surface area contributed by atoms with Gasteiger partial charge in [-0.1, -0.05) is 72.8 Å². The summed E-state index contributed by atoms with van der Waals surface area (Å²) >= 11 is 0. The van der Waals surface area contributed by atoms with Crippen molar-refractivity contribution in [3.63, 3.8) is 0 Å². The molecule has 1 N–H and O–H groups in total. The Morgan fingerprint density at radius 2 is 1.44 bits per heavy atom. The maximum absolute atomic E-state index is 12.6. The van der Waals surface area contributed by atoms with Gasteiger partial charge in [-0.25, -0.2) is 4.79 Å². The fourth-order valence-corrected chi connectivity index (χ4v) is 3.94. The van der Waals surface area contributed by atoms with Crippen LogP contribution < -0.4 is 0 Å². The van der Waals surface area contributed by atoms with Crippen molar-refractivity contribution >= 4 is 38.4 Å². The molecule has 3 nitrogen and oxygen atoms in total. The Balaban J connectivity index is 2.00. The number of H-pyrrole nitrogens is 1. The Morgan fingerprint density at radius 3 is 2.22 bits per heavy atom. The fourth-order valence-electron chi connectivity index (χ4n) is 3.94. The summed E-state index contributed by atoms with van der Waals surface area (Å²) in [6.07, 6.45) is 0. The summed E-state index contributed by atoms with van der Waals surface area (Å²) in [5, 5.41) is 5.55. The van der Waals surface area contributed by atoms with Gasteiger partial charge in [0.1, 0.15) is 5.69 Å². The number of hydrogen-bond acceptors (Lipinski definition) is 2. The van der Waals surface area contributed by atoms with Crippen LogP contribution in [0.4, 0.5) is 0 Å². The number of carbonyl (C=O) groups is 1. The smallest absolute Gasteiger partial charge is 0.355 e. The summed E-state index contributed by atoms with van der Waals surface area (Å²) in [5.74, 6) is -0.363. The lowest BCUT2D eigenvalue weighted by molar-refractivity contribution is 0.0596. The molecule has 0 aliphatic rings. The molecule has 130 valence electrons. The van der Waals surface area contributed by atoms with Crippen LogP contribution in [-0.4, -0.2) is 18.1 Å². The molecule has 1 aromatic heterocycles. The standard InChI is InChI=1S/C24H17NO2/c1-27-24(26)23-22(19-12-6-9-15-7-2-4-10-17(15)19)21-18-11-5-3-8-16(18)13-14-20(21)25-23/h2-14,25H,1H3. The monoisotopic (exact) mass is 351 g/mol. The number of aromatic nitrogens is 1. The number of methoxy groups -OCH3 is 1. The molecule has 0 radical (unpaired) electrons. The normalized spacial score (nSPS) is 11.3. The minimum Gasteiger partial charge on any atom is -0.464 e. The molecular weight excluding hydrogens is 334 g/mol. The van der Waals surface area contributed by atoms with E-state index in [0.717, 1.165) is 43.6 Å². The van der Waals surface area contributed by atoms with Crippen LogP contribution in [-0.2, 0) is 4.74 Å². The van der Waals surface area contributed by atoms with Crippen LogP contribution in [0.15, 0.2) is 78.9 Å². The lowest BCUT2D eigenvalue weighted by Gasteiger charge is -2.09. The van der Waals surface area contributed by atoms with E-state index in [2.05, 4.69) is 47.4 Å². The van der Waals surface area contributed by atoms with Crippen LogP contribution in [0.5, 0.6) is 0 Å². The number of ether oxygens (including phenoxy) is 1. The highest BCUT2D eigenvalue weighted by atomic mass is 16.5. The van der Waals surface area contributed by atoms with Crippen molar-refractivity contribution < 1.29 is 9.53 Å². The Bertz CT molecular complexity index is 1330. The summed E-state index contributed by atoms with van der Waals surface area (Å²) in [6, 6.07) is 26.8. The number of benzene rings is 4. The summed E-state index contributed by atoms with van der Waals surface area (Å²) in [7, 11) is 1.42. The summed E-state index contributed by atoms with van der Waals surface area (Å²) in [4.78, 5) is 15.9. The van der Waals surface area contributed by atoms with Crippen molar-refractivity contribution in [2.24, 2.45) is 0 Å². The van der Waals surface area contributed by atoms with Gasteiger partial charge in [-0.2, -0.15) is 0 Å². The van der Waals surface area contributed by atoms with E-state index in [0.29, 0.717) is 5.69 Å². The van der Waals surface area contributed by atoms with E-state index < -0.39 is 0 Å². The van der Waals surface area contributed by atoms with Crippen LogP contribution in [0.3, 0.4) is 0 Å². The van der Waals surface area contributed by atoms with Crippen LogP contribution in [0.1, 0.15) is 10.5 Å². The van der Waals surface area contributed by atoms with Gasteiger partial charge in [0.15, 0.2) is 0 Å². The highest BCUT2D eigenvalue weighted by Crippen LogP contribution is 2.40. The molecule has 0 saturated heterocycles. The predicted molar refractivity (Wildman–Crippen MR) is 110 cm³/mol. The first-order valence-electron chi connectivity index (χ1n) is 8.88. The second-order valence-corrected chi connectivity index (χ2v) is 6.60. The van der Waals surface area contributed by atoms with Crippen LogP contribution >= 0.6 is 0 Å². The average molecular weight is 351 g/mol. The topological polar surface area (TPSA) is 42.1 Å². The van der Waals surface area contributed by atoms with Crippen molar-refractivity contribution in [2.75, 3.05) is 7.11 Å². The molecule has 0 amide bonds. The largest absolute Gasteiger partial charge is 0.464 e. The third kappa shape index (κ3) is 2.32. The Kier molecular flexibility index (Phi) is 3.47. The number of esters is 1. The highest BCUT2D eigenvalue weighted by molar-refractivity contribution is 6.20. The molecule has 0 unspecified atom stereocenters. The van der Waals surface area contributed by atoms with Crippen molar-refractivity contribution in [3.8, 4) is 11.1 Å². The number of fused-ring (bicyclic) bond motifs is 4.